The number of nitrogens with zero attached hydrogens (tertiary/aromatic N) is 2. The Morgan fingerprint density at radius 2 is 1.90 bits per heavy atom. The molecule has 0 bridgehead atoms. The van der Waals surface area contributed by atoms with E-state index in [1.807, 2.05) is 56.3 Å². The minimum Gasteiger partial charge on any atom is -0.497 e. The monoisotopic (exact) mass is 477 g/mol. The minimum atomic E-state index is -0.110. The highest BCUT2D eigenvalue weighted by atomic mass is 79.9. The number of carbonyl (C=O) groups excluding carboxylic acids is 1. The summed E-state index contributed by atoms with van der Waals surface area (Å²) in [4.78, 5) is 22.5. The molecule has 1 aromatic heterocycles. The molecule has 1 amide bonds. The molecule has 0 radical (unpaired) electrons. The highest BCUT2D eigenvalue weighted by molar-refractivity contribution is 9.10. The van der Waals surface area contributed by atoms with Crippen molar-refractivity contribution >= 4 is 33.7 Å². The Morgan fingerprint density at radius 1 is 1.13 bits per heavy atom. The maximum absolute atomic E-state index is 12.7. The van der Waals surface area contributed by atoms with Crippen molar-refractivity contribution in [3.8, 4) is 17.0 Å². The third kappa shape index (κ3) is 4.85. The second kappa shape index (κ2) is 9.02. The van der Waals surface area contributed by atoms with Gasteiger partial charge in [0.2, 0.25) is 5.91 Å². The second-order valence-corrected chi connectivity index (χ2v) is 8.76. The van der Waals surface area contributed by atoms with E-state index in [1.165, 1.54) is 5.56 Å². The van der Waals surface area contributed by atoms with Gasteiger partial charge in [-0.2, -0.15) is 0 Å². The van der Waals surface area contributed by atoms with Crippen molar-refractivity contribution in [2.45, 2.75) is 33.1 Å². The number of nitrogens with one attached hydrogen (secondary N) is 1. The first-order chi connectivity index (χ1) is 14.9. The van der Waals surface area contributed by atoms with Crippen LogP contribution in [0.2, 0.25) is 0 Å². The maximum Gasteiger partial charge on any atom is 0.230 e. The number of fused-ring (bicyclic) bond motifs is 3. The van der Waals surface area contributed by atoms with Gasteiger partial charge in [0, 0.05) is 10.0 Å². The van der Waals surface area contributed by atoms with Crippen LogP contribution in [0.1, 0.15) is 36.4 Å². The molecular formula is C25H24BrN3O2. The van der Waals surface area contributed by atoms with Crippen LogP contribution in [0.5, 0.6) is 5.75 Å². The number of aromatic nitrogens is 2. The van der Waals surface area contributed by atoms with Gasteiger partial charge in [0.1, 0.15) is 11.4 Å². The molecule has 31 heavy (non-hydrogen) atoms. The summed E-state index contributed by atoms with van der Waals surface area (Å²) in [6.07, 6.45) is 3.87. The Balaban J connectivity index is 1.67. The van der Waals surface area contributed by atoms with Crippen LogP contribution in [0.25, 0.3) is 17.3 Å². The summed E-state index contributed by atoms with van der Waals surface area (Å²) in [5, 5.41) is 2.98. The highest BCUT2D eigenvalue weighted by Crippen LogP contribution is 2.35. The number of allylic oxidation sites excluding steroid dienone is 1. The number of hydrogen-bond acceptors (Lipinski definition) is 4. The molecule has 0 unspecified atom stereocenters. The Bertz CT molecular complexity index is 1170. The predicted molar refractivity (Wildman–Crippen MR) is 127 cm³/mol. The van der Waals surface area contributed by atoms with E-state index >= 15 is 0 Å². The van der Waals surface area contributed by atoms with Crippen molar-refractivity contribution < 1.29 is 9.53 Å². The van der Waals surface area contributed by atoms with Crippen molar-refractivity contribution in [2.24, 2.45) is 0 Å². The first-order valence-corrected chi connectivity index (χ1v) is 11.0. The van der Waals surface area contributed by atoms with Crippen LogP contribution in [0.4, 0.5) is 5.82 Å². The van der Waals surface area contributed by atoms with Gasteiger partial charge in [-0.25, -0.2) is 9.97 Å². The normalized spacial score (nSPS) is 11.9. The molecule has 1 heterocycles. The molecule has 2 aromatic carbocycles. The lowest BCUT2D eigenvalue weighted by molar-refractivity contribution is -0.115. The van der Waals surface area contributed by atoms with Crippen molar-refractivity contribution in [3.63, 3.8) is 0 Å². The fourth-order valence-corrected chi connectivity index (χ4v) is 3.96. The number of aryl methyl sites for hydroxylation is 2. The van der Waals surface area contributed by atoms with Crippen molar-refractivity contribution in [2.75, 3.05) is 12.4 Å². The largest absolute Gasteiger partial charge is 0.497 e. The maximum atomic E-state index is 12.7. The standard InChI is InChI=1S/C25H24BrN3O2/c1-15(2)12-22-25(29-23(30)13-16-4-7-18(26)8-5-16)28-21-11-6-17-14-19(31-3)9-10-20(17)24(21)27-22/h4-5,7-10,12,14H,6,11,13H2,1-3H3,(H,28,29,30). The fraction of sp³-hybridized carbons (Fsp3) is 0.240. The van der Waals surface area contributed by atoms with Gasteiger partial charge < -0.3 is 10.1 Å². The topological polar surface area (TPSA) is 64.1 Å². The molecule has 0 fully saturated rings. The average Bonchev–Trinajstić information content (AvgIpc) is 2.75. The van der Waals surface area contributed by atoms with Gasteiger partial charge in [-0.1, -0.05) is 33.6 Å². The highest BCUT2D eigenvalue weighted by Gasteiger charge is 2.22. The molecule has 3 aromatic rings. The number of hydrogen-bond donors (Lipinski definition) is 1. The molecule has 0 atom stereocenters. The average molecular weight is 478 g/mol. The van der Waals surface area contributed by atoms with E-state index in [0.29, 0.717) is 11.5 Å². The Kier molecular flexibility index (Phi) is 6.18. The zero-order valence-electron chi connectivity index (χ0n) is 17.8. The summed E-state index contributed by atoms with van der Waals surface area (Å²) in [6.45, 7) is 4.01. The van der Waals surface area contributed by atoms with E-state index in [0.717, 1.165) is 51.2 Å². The van der Waals surface area contributed by atoms with Crippen LogP contribution < -0.4 is 10.1 Å². The predicted octanol–water partition coefficient (Wildman–Crippen LogP) is 5.62. The van der Waals surface area contributed by atoms with Crippen LogP contribution in [-0.2, 0) is 24.1 Å². The molecule has 0 saturated heterocycles. The minimum absolute atomic E-state index is 0.110. The molecule has 5 nitrogen and oxygen atoms in total. The molecule has 6 heteroatoms. The van der Waals surface area contributed by atoms with E-state index in [2.05, 4.69) is 27.3 Å². The van der Waals surface area contributed by atoms with E-state index in [1.54, 1.807) is 7.11 Å². The SMILES string of the molecule is COc1ccc2c(c1)CCc1nc(NC(=O)Cc3ccc(Br)cc3)c(C=C(C)C)nc1-2. The second-order valence-electron chi connectivity index (χ2n) is 7.85. The zero-order valence-corrected chi connectivity index (χ0v) is 19.4. The van der Waals surface area contributed by atoms with Crippen LogP contribution in [0, 0.1) is 0 Å². The van der Waals surface area contributed by atoms with E-state index in [9.17, 15) is 4.79 Å². The Labute approximate surface area is 190 Å². The van der Waals surface area contributed by atoms with Crippen LogP contribution in [0.3, 0.4) is 0 Å². The lowest BCUT2D eigenvalue weighted by Crippen LogP contribution is -2.19. The van der Waals surface area contributed by atoms with Gasteiger partial charge in [0.05, 0.1) is 24.9 Å². The summed E-state index contributed by atoms with van der Waals surface area (Å²) in [7, 11) is 1.68. The number of ether oxygens (including phenoxy) is 1. The lowest BCUT2D eigenvalue weighted by Gasteiger charge is -2.21. The smallest absolute Gasteiger partial charge is 0.230 e. The lowest BCUT2D eigenvalue weighted by atomic mass is 9.91. The summed E-state index contributed by atoms with van der Waals surface area (Å²) in [6, 6.07) is 13.8. The van der Waals surface area contributed by atoms with Gasteiger partial charge in [0.25, 0.3) is 0 Å². The van der Waals surface area contributed by atoms with Crippen molar-refractivity contribution in [1.29, 1.82) is 0 Å². The van der Waals surface area contributed by atoms with Crippen LogP contribution >= 0.6 is 15.9 Å². The van der Waals surface area contributed by atoms with E-state index < -0.39 is 0 Å². The molecule has 1 aliphatic carbocycles. The Hall–Kier alpha value is -2.99. The molecule has 1 aliphatic rings. The summed E-state index contributed by atoms with van der Waals surface area (Å²) in [5.41, 5.74) is 6.76. The fourth-order valence-electron chi connectivity index (χ4n) is 3.69. The van der Waals surface area contributed by atoms with E-state index in [4.69, 9.17) is 14.7 Å². The van der Waals surface area contributed by atoms with Gasteiger partial charge in [-0.15, -0.1) is 0 Å². The molecule has 4 rings (SSSR count). The van der Waals surface area contributed by atoms with Crippen molar-refractivity contribution in [3.05, 3.63) is 75.0 Å². The first-order valence-electron chi connectivity index (χ1n) is 10.2. The molecule has 1 N–H and O–H groups in total. The molecule has 0 aliphatic heterocycles. The third-order valence-electron chi connectivity index (χ3n) is 5.15. The zero-order chi connectivity index (χ0) is 22.0. The molecule has 0 spiro atoms. The number of anilines is 1. The number of methoxy groups -OCH3 is 1. The summed E-state index contributed by atoms with van der Waals surface area (Å²) in [5.74, 6) is 1.25. The van der Waals surface area contributed by atoms with Crippen molar-refractivity contribution in [1.82, 2.24) is 9.97 Å². The molecular weight excluding hydrogens is 454 g/mol. The van der Waals surface area contributed by atoms with Gasteiger partial charge in [-0.05, 0) is 74.2 Å². The number of benzene rings is 2. The Morgan fingerprint density at radius 3 is 2.61 bits per heavy atom. The number of carbonyl (C=O) groups is 1. The molecule has 158 valence electrons. The van der Waals surface area contributed by atoms with Crippen LogP contribution in [0.15, 0.2) is 52.5 Å². The third-order valence-corrected chi connectivity index (χ3v) is 5.68. The summed E-state index contributed by atoms with van der Waals surface area (Å²) < 4.78 is 6.35. The van der Waals surface area contributed by atoms with E-state index in [-0.39, 0.29) is 12.3 Å². The summed E-state index contributed by atoms with van der Waals surface area (Å²) >= 11 is 3.42. The number of amides is 1. The van der Waals surface area contributed by atoms with Crippen LogP contribution in [-0.4, -0.2) is 23.0 Å². The van der Waals surface area contributed by atoms with Gasteiger partial charge >= 0.3 is 0 Å². The number of rotatable bonds is 5. The molecule has 0 saturated carbocycles. The number of halogens is 1. The van der Waals surface area contributed by atoms with Gasteiger partial charge in [-0.3, -0.25) is 4.79 Å². The first kappa shape index (κ1) is 21.2. The quantitative estimate of drug-likeness (QED) is 0.517. The van der Waals surface area contributed by atoms with Gasteiger partial charge in [0.15, 0.2) is 5.82 Å².